The molecule has 0 heterocycles. The molecule has 1 fully saturated rings. The zero-order valence-corrected chi connectivity index (χ0v) is 24.5. The summed E-state index contributed by atoms with van der Waals surface area (Å²) in [5.41, 5.74) is -5.15. The van der Waals surface area contributed by atoms with Crippen LogP contribution in [0.1, 0.15) is 17.0 Å². The minimum absolute atomic E-state index is 0.200. The average molecular weight is 727 g/mol. The Morgan fingerprint density at radius 1 is 0.957 bits per heavy atom. The van der Waals surface area contributed by atoms with Crippen LogP contribution in [-0.2, 0) is 20.6 Å². The van der Waals surface area contributed by atoms with Crippen LogP contribution in [-0.4, -0.2) is 34.8 Å². The predicted molar refractivity (Wildman–Crippen MR) is 147 cm³/mol. The van der Waals surface area contributed by atoms with E-state index in [1.165, 1.54) is 0 Å². The fraction of sp³-hybridized carbons (Fsp3) is 0.222. The molecule has 248 valence electrons. The number of carbonyl (C=O) groups is 3. The highest BCUT2D eigenvalue weighted by molar-refractivity contribution is 6.53. The molecule has 0 unspecified atom stereocenters. The largest absolute Gasteiger partial charge is 0.471 e. The molecule has 0 bridgehead atoms. The van der Waals surface area contributed by atoms with Gasteiger partial charge in [-0.1, -0.05) is 30.3 Å². The standard InChI is InChI=1S/C27H16Cl3F10N3O3/c1-2-11(22(44)43-21-15(33)5-6-16(20(21)34)42-24(46)27(38,39)40)19(28)14(32)7-8-41-23(45)18-17(25(18,29)30)10-3-4-13(31)12(9-10)26(35,36)37/h2-7,9,17-18H,1,8H2,(H,41,45)(H,42,46)(H,43,44)/b14-7+,19-11-/t17-,18+/m0/s1. The Hall–Kier alpha value is -3.76. The molecule has 0 saturated heterocycles. The van der Waals surface area contributed by atoms with Crippen LogP contribution >= 0.6 is 34.8 Å². The molecule has 1 saturated carbocycles. The van der Waals surface area contributed by atoms with Gasteiger partial charge in [-0.2, -0.15) is 26.3 Å². The van der Waals surface area contributed by atoms with Crippen LogP contribution in [0.2, 0.25) is 0 Å². The Kier molecular flexibility index (Phi) is 10.8. The number of carbonyl (C=O) groups excluding carboxylic acids is 3. The number of hydrogen-bond acceptors (Lipinski definition) is 3. The molecule has 1 aliphatic rings. The normalized spacial score (nSPS) is 18.3. The summed E-state index contributed by atoms with van der Waals surface area (Å²) in [5, 5.41) is 3.95. The van der Waals surface area contributed by atoms with Crippen molar-refractivity contribution < 1.29 is 58.3 Å². The summed E-state index contributed by atoms with van der Waals surface area (Å²) in [5.74, 6) is -13.9. The van der Waals surface area contributed by atoms with Gasteiger partial charge >= 0.3 is 18.3 Å². The lowest BCUT2D eigenvalue weighted by Gasteiger charge is -2.13. The molecule has 0 spiro atoms. The molecule has 0 aromatic heterocycles. The first-order valence-electron chi connectivity index (χ1n) is 12.2. The number of allylic oxidation sites excluding steroid dienone is 2. The van der Waals surface area contributed by atoms with E-state index in [0.717, 1.165) is 11.4 Å². The van der Waals surface area contributed by atoms with E-state index in [9.17, 15) is 58.3 Å². The van der Waals surface area contributed by atoms with Gasteiger partial charge in [0, 0.05) is 12.5 Å². The summed E-state index contributed by atoms with van der Waals surface area (Å²) < 4.78 is 132. The van der Waals surface area contributed by atoms with Gasteiger partial charge in [0.05, 0.1) is 27.8 Å². The van der Waals surface area contributed by atoms with E-state index < -0.39 is 104 Å². The Morgan fingerprint density at radius 3 is 2.13 bits per heavy atom. The van der Waals surface area contributed by atoms with Gasteiger partial charge in [-0.05, 0) is 35.9 Å². The summed E-state index contributed by atoms with van der Waals surface area (Å²) in [4.78, 5) is 36.3. The maximum Gasteiger partial charge on any atom is 0.471 e. The van der Waals surface area contributed by atoms with Gasteiger partial charge in [0.1, 0.15) is 27.5 Å². The minimum Gasteiger partial charge on any atom is -0.352 e. The number of halogens is 13. The van der Waals surface area contributed by atoms with Crippen molar-refractivity contribution in [1.29, 1.82) is 0 Å². The van der Waals surface area contributed by atoms with Crippen LogP contribution < -0.4 is 16.0 Å². The van der Waals surface area contributed by atoms with Gasteiger partial charge in [0.25, 0.3) is 5.91 Å². The van der Waals surface area contributed by atoms with E-state index in [1.54, 1.807) is 5.32 Å². The summed E-state index contributed by atoms with van der Waals surface area (Å²) in [6, 6.07) is 2.80. The lowest BCUT2D eigenvalue weighted by molar-refractivity contribution is -0.167. The van der Waals surface area contributed by atoms with Crippen molar-refractivity contribution in [2.24, 2.45) is 5.92 Å². The fourth-order valence-corrected chi connectivity index (χ4v) is 5.08. The molecule has 0 aliphatic heterocycles. The van der Waals surface area contributed by atoms with Gasteiger partial charge in [0.15, 0.2) is 5.82 Å². The van der Waals surface area contributed by atoms with E-state index in [1.807, 2.05) is 0 Å². The van der Waals surface area contributed by atoms with E-state index in [-0.39, 0.29) is 5.56 Å². The fourth-order valence-electron chi connectivity index (χ4n) is 4.01. The second-order valence-corrected chi connectivity index (χ2v) is 11.1. The number of rotatable bonds is 9. The summed E-state index contributed by atoms with van der Waals surface area (Å²) in [6.07, 6.45) is -9.23. The third-order valence-corrected chi connectivity index (χ3v) is 7.60. The van der Waals surface area contributed by atoms with Crippen LogP contribution in [0.25, 0.3) is 0 Å². The molecular weight excluding hydrogens is 711 g/mol. The molecule has 46 heavy (non-hydrogen) atoms. The molecule has 2 aromatic rings. The van der Waals surface area contributed by atoms with E-state index in [0.29, 0.717) is 36.4 Å². The van der Waals surface area contributed by atoms with E-state index in [2.05, 4.69) is 11.9 Å². The van der Waals surface area contributed by atoms with Crippen molar-refractivity contribution in [2.75, 3.05) is 17.2 Å². The minimum atomic E-state index is -5.43. The number of anilines is 2. The summed E-state index contributed by atoms with van der Waals surface area (Å²) >= 11 is 18.0. The highest BCUT2D eigenvalue weighted by atomic mass is 35.5. The SMILES string of the molecule is C=C/C(C(=O)Nc1c(F)ccc(NC(=O)C(F)(F)F)c1F)=C(Cl)\C(F)=C/CNC(=O)[C@H]1[C@H](c2ccc(F)c(C(F)(F)F)c2)C1(Cl)Cl. The number of alkyl halides is 8. The number of amides is 3. The lowest BCUT2D eigenvalue weighted by atomic mass is 10.0. The molecule has 2 atom stereocenters. The zero-order chi connectivity index (χ0) is 34.9. The number of benzene rings is 2. The first-order valence-corrected chi connectivity index (χ1v) is 13.3. The number of hydrogen-bond donors (Lipinski definition) is 3. The highest BCUT2D eigenvalue weighted by Gasteiger charge is 2.67. The average Bonchev–Trinajstić information content (AvgIpc) is 3.53. The van der Waals surface area contributed by atoms with Crippen LogP contribution in [0.4, 0.5) is 55.3 Å². The van der Waals surface area contributed by atoms with Gasteiger partial charge in [-0.15, -0.1) is 23.2 Å². The van der Waals surface area contributed by atoms with Gasteiger partial charge in [-0.25, -0.2) is 17.6 Å². The molecule has 1 aliphatic carbocycles. The molecule has 0 radical (unpaired) electrons. The van der Waals surface area contributed by atoms with Gasteiger partial charge in [0.2, 0.25) is 5.91 Å². The monoisotopic (exact) mass is 725 g/mol. The molecule has 3 amide bonds. The van der Waals surface area contributed by atoms with Crippen LogP contribution in [0.5, 0.6) is 0 Å². The highest BCUT2D eigenvalue weighted by Crippen LogP contribution is 2.65. The smallest absolute Gasteiger partial charge is 0.352 e. The Labute approximate surface area is 267 Å². The quantitative estimate of drug-likeness (QED) is 0.107. The van der Waals surface area contributed by atoms with Crippen molar-refractivity contribution in [3.8, 4) is 0 Å². The molecule has 2 aromatic carbocycles. The summed E-state index contributed by atoms with van der Waals surface area (Å²) in [6.45, 7) is 2.55. The Bertz CT molecular complexity index is 1660. The van der Waals surface area contributed by atoms with Gasteiger partial charge < -0.3 is 16.0 Å². The molecule has 6 nitrogen and oxygen atoms in total. The van der Waals surface area contributed by atoms with Crippen molar-refractivity contribution in [3.63, 3.8) is 0 Å². The second-order valence-electron chi connectivity index (χ2n) is 9.29. The molecule has 3 rings (SSSR count). The molecular formula is C27H16Cl3F10N3O3. The van der Waals surface area contributed by atoms with Crippen LogP contribution in [0.3, 0.4) is 0 Å². The van der Waals surface area contributed by atoms with Crippen molar-refractivity contribution in [2.45, 2.75) is 22.6 Å². The van der Waals surface area contributed by atoms with E-state index >= 15 is 0 Å². The zero-order valence-electron chi connectivity index (χ0n) is 22.2. The second kappa shape index (κ2) is 13.5. The Balaban J connectivity index is 1.73. The van der Waals surface area contributed by atoms with Crippen molar-refractivity contribution >= 4 is 63.9 Å². The predicted octanol–water partition coefficient (Wildman–Crippen LogP) is 7.80. The third-order valence-electron chi connectivity index (χ3n) is 6.28. The lowest BCUT2D eigenvalue weighted by Crippen LogP contribution is -2.30. The number of nitrogens with one attached hydrogen (secondary N) is 3. The van der Waals surface area contributed by atoms with Crippen molar-refractivity contribution in [1.82, 2.24) is 5.32 Å². The third kappa shape index (κ3) is 7.96. The molecule has 19 heteroatoms. The first-order chi connectivity index (χ1) is 21.1. The maximum absolute atomic E-state index is 14.8. The summed E-state index contributed by atoms with van der Waals surface area (Å²) in [7, 11) is 0. The van der Waals surface area contributed by atoms with E-state index in [4.69, 9.17) is 34.8 Å². The Morgan fingerprint density at radius 2 is 1.57 bits per heavy atom. The molecule has 3 N–H and O–H groups in total. The first kappa shape index (κ1) is 36.7. The van der Waals surface area contributed by atoms with Gasteiger partial charge in [-0.3, -0.25) is 14.4 Å². The van der Waals surface area contributed by atoms with Crippen LogP contribution in [0, 0.1) is 23.4 Å². The topological polar surface area (TPSA) is 87.3 Å². The maximum atomic E-state index is 14.8. The van der Waals surface area contributed by atoms with Crippen LogP contribution in [0.15, 0.2) is 65.5 Å². The van der Waals surface area contributed by atoms with Crippen molar-refractivity contribution in [3.05, 3.63) is 94.1 Å².